The van der Waals surface area contributed by atoms with Crippen molar-refractivity contribution < 1.29 is 9.53 Å². The van der Waals surface area contributed by atoms with Gasteiger partial charge in [-0.05, 0) is 18.6 Å². The second kappa shape index (κ2) is 5.08. The van der Waals surface area contributed by atoms with Gasteiger partial charge in [-0.3, -0.25) is 4.79 Å². The summed E-state index contributed by atoms with van der Waals surface area (Å²) >= 11 is 0. The molecule has 0 spiro atoms. The van der Waals surface area contributed by atoms with Crippen molar-refractivity contribution in [1.29, 1.82) is 0 Å². The molecule has 14 heavy (non-hydrogen) atoms. The Hall–Kier alpha value is -1.75. The maximum Gasteiger partial charge on any atom is 0.303 e. The van der Waals surface area contributed by atoms with Crippen molar-refractivity contribution in [1.82, 2.24) is 0 Å². The number of carbonyl (C=O) groups excluding carboxylic acids is 1. The summed E-state index contributed by atoms with van der Waals surface area (Å²) in [5.41, 5.74) is 2.10. The first-order chi connectivity index (χ1) is 6.70. The van der Waals surface area contributed by atoms with E-state index in [1.54, 1.807) is 0 Å². The van der Waals surface area contributed by atoms with Gasteiger partial charge in [0.1, 0.15) is 0 Å². The highest BCUT2D eigenvalue weighted by Gasteiger charge is 1.90. The molecule has 2 nitrogen and oxygen atoms in total. The van der Waals surface area contributed by atoms with E-state index < -0.39 is 0 Å². The lowest BCUT2D eigenvalue weighted by Gasteiger charge is -1.95. The predicted octanol–water partition coefficient (Wildman–Crippen LogP) is 1.91. The number of rotatable bonds is 1. The molecule has 0 amide bonds. The van der Waals surface area contributed by atoms with Crippen molar-refractivity contribution in [2.45, 2.75) is 13.8 Å². The second-order valence-corrected chi connectivity index (χ2v) is 2.90. The molecule has 0 aromatic heterocycles. The van der Waals surface area contributed by atoms with E-state index in [0.29, 0.717) is 0 Å². The van der Waals surface area contributed by atoms with Gasteiger partial charge in [0.25, 0.3) is 0 Å². The zero-order chi connectivity index (χ0) is 10.4. The van der Waals surface area contributed by atoms with E-state index in [9.17, 15) is 4.79 Å². The molecule has 0 N–H and O–H groups in total. The molecule has 0 aliphatic rings. The molecular weight excluding hydrogens is 176 g/mol. The third kappa shape index (κ3) is 3.32. The largest absolute Gasteiger partial charge is 0.453 e. The van der Waals surface area contributed by atoms with Gasteiger partial charge in [0, 0.05) is 12.5 Å². The first-order valence-corrected chi connectivity index (χ1v) is 4.38. The molecule has 1 rings (SSSR count). The molecule has 0 aliphatic carbocycles. The highest BCUT2D eigenvalue weighted by atomic mass is 16.5. The summed E-state index contributed by atoms with van der Waals surface area (Å²) in [4.78, 5) is 10.4. The molecule has 0 fully saturated rings. The number of benzene rings is 1. The van der Waals surface area contributed by atoms with Gasteiger partial charge in [-0.2, -0.15) is 0 Å². The first-order valence-electron chi connectivity index (χ1n) is 4.38. The van der Waals surface area contributed by atoms with Crippen LogP contribution in [0.2, 0.25) is 0 Å². The molecule has 0 atom stereocenters. The lowest BCUT2D eigenvalue weighted by atomic mass is 10.1. The van der Waals surface area contributed by atoms with Gasteiger partial charge >= 0.3 is 5.97 Å². The highest BCUT2D eigenvalue weighted by molar-refractivity contribution is 5.66. The second-order valence-electron chi connectivity index (χ2n) is 2.90. The molecule has 0 saturated carbocycles. The van der Waals surface area contributed by atoms with Gasteiger partial charge in [-0.25, -0.2) is 0 Å². The van der Waals surface area contributed by atoms with Crippen LogP contribution in [0.15, 0.2) is 24.3 Å². The number of hydrogen-bond donors (Lipinski definition) is 0. The number of ether oxygens (including phenoxy) is 1. The fraction of sp³-hybridized carbons (Fsp3) is 0.250. The number of hydrogen-bond acceptors (Lipinski definition) is 2. The zero-order valence-electron chi connectivity index (χ0n) is 8.33. The van der Waals surface area contributed by atoms with Gasteiger partial charge in [-0.1, -0.05) is 30.0 Å². The fourth-order valence-corrected chi connectivity index (χ4v) is 0.982. The lowest BCUT2D eigenvalue weighted by Crippen LogP contribution is -1.97. The van der Waals surface area contributed by atoms with Crippen molar-refractivity contribution in [2.75, 3.05) is 6.61 Å². The van der Waals surface area contributed by atoms with Crippen molar-refractivity contribution >= 4 is 5.97 Å². The van der Waals surface area contributed by atoms with Gasteiger partial charge in [0.05, 0.1) is 0 Å². The lowest BCUT2D eigenvalue weighted by molar-refractivity contribution is -0.139. The first kappa shape index (κ1) is 10.3. The van der Waals surface area contributed by atoms with Gasteiger partial charge in [0.2, 0.25) is 0 Å². The van der Waals surface area contributed by atoms with Crippen LogP contribution in [0.25, 0.3) is 0 Å². The molecule has 0 heterocycles. The third-order valence-electron chi connectivity index (χ3n) is 1.72. The highest BCUT2D eigenvalue weighted by Crippen LogP contribution is 2.03. The molecule has 0 saturated heterocycles. The van der Waals surface area contributed by atoms with Crippen molar-refractivity contribution in [3.63, 3.8) is 0 Å². The maximum absolute atomic E-state index is 10.4. The number of carbonyl (C=O) groups is 1. The monoisotopic (exact) mass is 188 g/mol. The SMILES string of the molecule is CC(=O)OCC#Cc1ccccc1C. The van der Waals surface area contributed by atoms with Crippen LogP contribution in [0.4, 0.5) is 0 Å². The van der Waals surface area contributed by atoms with Crippen LogP contribution in [-0.4, -0.2) is 12.6 Å². The van der Waals surface area contributed by atoms with Gasteiger partial charge in [0.15, 0.2) is 6.61 Å². The Morgan fingerprint density at radius 2 is 2.14 bits per heavy atom. The topological polar surface area (TPSA) is 26.3 Å². The summed E-state index contributed by atoms with van der Waals surface area (Å²) in [6, 6.07) is 7.83. The molecule has 0 unspecified atom stereocenters. The van der Waals surface area contributed by atoms with Crippen molar-refractivity contribution in [3.8, 4) is 11.8 Å². The van der Waals surface area contributed by atoms with Crippen LogP contribution in [-0.2, 0) is 9.53 Å². The number of esters is 1. The normalized spacial score (nSPS) is 8.71. The van der Waals surface area contributed by atoms with Crippen LogP contribution in [0, 0.1) is 18.8 Å². The van der Waals surface area contributed by atoms with E-state index >= 15 is 0 Å². The van der Waals surface area contributed by atoms with E-state index in [4.69, 9.17) is 4.74 Å². The number of aryl methyl sites for hydroxylation is 1. The van der Waals surface area contributed by atoms with E-state index in [1.807, 2.05) is 31.2 Å². The van der Waals surface area contributed by atoms with E-state index in [2.05, 4.69) is 11.8 Å². The van der Waals surface area contributed by atoms with E-state index in [0.717, 1.165) is 11.1 Å². The van der Waals surface area contributed by atoms with E-state index in [-0.39, 0.29) is 12.6 Å². The summed E-state index contributed by atoms with van der Waals surface area (Å²) in [7, 11) is 0. The third-order valence-corrected chi connectivity index (χ3v) is 1.72. The minimum absolute atomic E-state index is 0.156. The molecule has 2 heteroatoms. The van der Waals surface area contributed by atoms with Crippen molar-refractivity contribution in [2.24, 2.45) is 0 Å². The van der Waals surface area contributed by atoms with Crippen LogP contribution < -0.4 is 0 Å². The Morgan fingerprint density at radius 1 is 1.43 bits per heavy atom. The average Bonchev–Trinajstić information content (AvgIpc) is 2.15. The summed E-state index contributed by atoms with van der Waals surface area (Å²) in [5, 5.41) is 0. The van der Waals surface area contributed by atoms with Crippen LogP contribution in [0.1, 0.15) is 18.1 Å². The summed E-state index contributed by atoms with van der Waals surface area (Å²) in [6.07, 6.45) is 0. The standard InChI is InChI=1S/C12H12O2/c1-10-6-3-4-7-12(10)8-5-9-14-11(2)13/h3-4,6-7H,9H2,1-2H3. The summed E-state index contributed by atoms with van der Waals surface area (Å²) < 4.78 is 4.69. The molecule has 1 aromatic carbocycles. The summed E-state index contributed by atoms with van der Waals surface area (Å²) in [6.45, 7) is 3.52. The van der Waals surface area contributed by atoms with Gasteiger partial charge < -0.3 is 4.74 Å². The van der Waals surface area contributed by atoms with Gasteiger partial charge in [-0.15, -0.1) is 0 Å². The van der Waals surface area contributed by atoms with Crippen LogP contribution in [0.5, 0.6) is 0 Å². The minimum atomic E-state index is -0.302. The van der Waals surface area contributed by atoms with Crippen LogP contribution >= 0.6 is 0 Å². The molecule has 1 aromatic rings. The Kier molecular flexibility index (Phi) is 3.75. The smallest absolute Gasteiger partial charge is 0.303 e. The average molecular weight is 188 g/mol. The molecule has 0 aliphatic heterocycles. The Balaban J connectivity index is 2.59. The Morgan fingerprint density at radius 3 is 2.79 bits per heavy atom. The molecule has 0 bridgehead atoms. The molecule has 0 radical (unpaired) electrons. The zero-order valence-corrected chi connectivity index (χ0v) is 8.33. The van der Waals surface area contributed by atoms with Crippen LogP contribution in [0.3, 0.4) is 0 Å². The summed E-state index contributed by atoms with van der Waals surface area (Å²) in [5.74, 6) is 5.42. The predicted molar refractivity (Wildman–Crippen MR) is 54.7 cm³/mol. The van der Waals surface area contributed by atoms with Crippen molar-refractivity contribution in [3.05, 3.63) is 35.4 Å². The maximum atomic E-state index is 10.4. The quantitative estimate of drug-likeness (QED) is 0.497. The minimum Gasteiger partial charge on any atom is -0.453 e. The molecular formula is C12H12O2. The Bertz CT molecular complexity index is 383. The Labute approximate surface area is 83.9 Å². The van der Waals surface area contributed by atoms with E-state index in [1.165, 1.54) is 6.92 Å². The molecule has 72 valence electrons. The fourth-order valence-electron chi connectivity index (χ4n) is 0.982.